The molecule has 0 bridgehead atoms. The summed E-state index contributed by atoms with van der Waals surface area (Å²) in [6, 6.07) is 0. The second-order valence-corrected chi connectivity index (χ2v) is 9.38. The van der Waals surface area contributed by atoms with Gasteiger partial charge in [-0.3, -0.25) is 4.79 Å². The first-order valence-electron chi connectivity index (χ1n) is 9.68. The summed E-state index contributed by atoms with van der Waals surface area (Å²) < 4.78 is 0. The minimum atomic E-state index is 0.0169. The molecule has 0 saturated heterocycles. The Kier molecular flexibility index (Phi) is 3.37. The van der Waals surface area contributed by atoms with Crippen LogP contribution in [-0.2, 0) is 4.79 Å². The highest BCUT2D eigenvalue weighted by atomic mass is 16.1. The molecular weight excluding hydrogens is 268 g/mol. The molecule has 0 amide bonds. The van der Waals surface area contributed by atoms with Gasteiger partial charge in [-0.25, -0.2) is 0 Å². The summed E-state index contributed by atoms with van der Waals surface area (Å²) in [6.07, 6.45) is 13.8. The SMILES string of the molecule is C[C@H]1CC[C@@]2(C)C(=CCC3C4CCCC(=O)C4(C)CCC32)C1. The Hall–Kier alpha value is -0.590. The molecule has 0 aromatic carbocycles. The highest BCUT2D eigenvalue weighted by Crippen LogP contribution is 2.63. The van der Waals surface area contributed by atoms with E-state index in [0.717, 1.165) is 37.0 Å². The van der Waals surface area contributed by atoms with Gasteiger partial charge in [0, 0.05) is 11.8 Å². The number of fused-ring (bicyclic) bond motifs is 5. The summed E-state index contributed by atoms with van der Waals surface area (Å²) in [6.45, 7) is 7.29. The van der Waals surface area contributed by atoms with Crippen LogP contribution >= 0.6 is 0 Å². The molecule has 6 atom stereocenters. The Morgan fingerprint density at radius 1 is 1.05 bits per heavy atom. The topological polar surface area (TPSA) is 17.1 Å². The fraction of sp³-hybridized carbons (Fsp3) is 0.857. The second kappa shape index (κ2) is 4.95. The molecule has 0 spiro atoms. The van der Waals surface area contributed by atoms with Crippen molar-refractivity contribution in [2.45, 2.75) is 78.6 Å². The predicted molar refractivity (Wildman–Crippen MR) is 90.5 cm³/mol. The van der Waals surface area contributed by atoms with Crippen molar-refractivity contribution in [3.63, 3.8) is 0 Å². The molecule has 0 aromatic rings. The van der Waals surface area contributed by atoms with Gasteiger partial charge in [0.25, 0.3) is 0 Å². The number of carbonyl (C=O) groups excluding carboxylic acids is 1. The van der Waals surface area contributed by atoms with Crippen LogP contribution in [0, 0.1) is 34.5 Å². The van der Waals surface area contributed by atoms with Crippen molar-refractivity contribution in [3.05, 3.63) is 11.6 Å². The lowest BCUT2D eigenvalue weighted by Crippen LogP contribution is -2.53. The smallest absolute Gasteiger partial charge is 0.139 e. The van der Waals surface area contributed by atoms with Crippen LogP contribution in [0.15, 0.2) is 11.6 Å². The Bertz CT molecular complexity index is 518. The quantitative estimate of drug-likeness (QED) is 0.536. The number of allylic oxidation sites excluding steroid dienone is 2. The zero-order chi connectivity index (χ0) is 15.5. The Morgan fingerprint density at radius 2 is 1.77 bits per heavy atom. The van der Waals surface area contributed by atoms with E-state index >= 15 is 0 Å². The van der Waals surface area contributed by atoms with Gasteiger partial charge in [-0.2, -0.15) is 0 Å². The van der Waals surface area contributed by atoms with Crippen LogP contribution < -0.4 is 0 Å². The molecule has 122 valence electrons. The molecule has 22 heavy (non-hydrogen) atoms. The highest BCUT2D eigenvalue weighted by Gasteiger charge is 2.56. The molecule has 4 aliphatic carbocycles. The van der Waals surface area contributed by atoms with E-state index in [1.165, 1.54) is 38.5 Å². The number of ketones is 1. The number of Topliss-reactive ketones (excluding diaryl/α,β-unsaturated/α-hetero) is 1. The van der Waals surface area contributed by atoms with E-state index < -0.39 is 0 Å². The van der Waals surface area contributed by atoms with Crippen LogP contribution in [-0.4, -0.2) is 5.78 Å². The van der Waals surface area contributed by atoms with Crippen molar-refractivity contribution in [1.82, 2.24) is 0 Å². The molecule has 0 aliphatic heterocycles. The van der Waals surface area contributed by atoms with E-state index in [1.807, 2.05) is 0 Å². The van der Waals surface area contributed by atoms with Gasteiger partial charge in [0.15, 0.2) is 0 Å². The van der Waals surface area contributed by atoms with Gasteiger partial charge in [-0.15, -0.1) is 0 Å². The van der Waals surface area contributed by atoms with Crippen molar-refractivity contribution in [3.8, 4) is 0 Å². The fourth-order valence-corrected chi connectivity index (χ4v) is 6.81. The average Bonchev–Trinajstić information content (AvgIpc) is 2.49. The van der Waals surface area contributed by atoms with Gasteiger partial charge in [0.05, 0.1) is 0 Å². The fourth-order valence-electron chi connectivity index (χ4n) is 6.81. The van der Waals surface area contributed by atoms with E-state index in [4.69, 9.17) is 0 Å². The summed E-state index contributed by atoms with van der Waals surface area (Å²) in [5.74, 6) is 3.76. The zero-order valence-corrected chi connectivity index (χ0v) is 14.7. The monoisotopic (exact) mass is 300 g/mol. The molecule has 4 rings (SSSR count). The normalized spacial score (nSPS) is 51.4. The second-order valence-electron chi connectivity index (χ2n) is 9.38. The third-order valence-electron chi connectivity index (χ3n) is 8.30. The maximum absolute atomic E-state index is 12.6. The van der Waals surface area contributed by atoms with Gasteiger partial charge in [0.2, 0.25) is 0 Å². The van der Waals surface area contributed by atoms with Gasteiger partial charge in [-0.05, 0) is 80.5 Å². The summed E-state index contributed by atoms with van der Waals surface area (Å²) in [5.41, 5.74) is 2.25. The van der Waals surface area contributed by atoms with Crippen molar-refractivity contribution in [2.75, 3.05) is 0 Å². The molecule has 0 heterocycles. The molecule has 4 aliphatic rings. The third-order valence-corrected chi connectivity index (χ3v) is 8.30. The van der Waals surface area contributed by atoms with Crippen LogP contribution in [0.5, 0.6) is 0 Å². The summed E-state index contributed by atoms with van der Waals surface area (Å²) >= 11 is 0. The predicted octanol–water partition coefficient (Wildman–Crippen LogP) is 5.54. The van der Waals surface area contributed by atoms with Crippen LogP contribution in [0.4, 0.5) is 0 Å². The van der Waals surface area contributed by atoms with Gasteiger partial charge < -0.3 is 0 Å². The molecule has 0 aromatic heterocycles. The standard InChI is InChI=1S/C21H32O/c1-14-9-11-20(2)15(13-14)7-8-16-17-5-4-6-19(22)21(17,3)12-10-18(16)20/h7,14,16-18H,4-6,8-13H2,1-3H3/t14-,16?,17?,18?,20-,21?/m0/s1. The van der Waals surface area contributed by atoms with Crippen molar-refractivity contribution >= 4 is 5.78 Å². The zero-order valence-electron chi connectivity index (χ0n) is 14.7. The van der Waals surface area contributed by atoms with E-state index in [-0.39, 0.29) is 5.41 Å². The third kappa shape index (κ3) is 1.93. The summed E-state index contributed by atoms with van der Waals surface area (Å²) in [4.78, 5) is 12.6. The molecule has 4 unspecified atom stereocenters. The van der Waals surface area contributed by atoms with Crippen molar-refractivity contribution < 1.29 is 4.79 Å². The number of hydrogen-bond acceptors (Lipinski definition) is 1. The van der Waals surface area contributed by atoms with Crippen molar-refractivity contribution in [2.24, 2.45) is 34.5 Å². The van der Waals surface area contributed by atoms with Gasteiger partial charge in [0.1, 0.15) is 5.78 Å². The average molecular weight is 300 g/mol. The summed E-state index contributed by atoms with van der Waals surface area (Å²) in [7, 11) is 0. The molecule has 0 N–H and O–H groups in total. The van der Waals surface area contributed by atoms with Crippen LogP contribution in [0.25, 0.3) is 0 Å². The summed E-state index contributed by atoms with van der Waals surface area (Å²) in [5, 5.41) is 0. The Balaban J connectivity index is 1.69. The molecule has 0 radical (unpaired) electrons. The maximum atomic E-state index is 12.6. The van der Waals surface area contributed by atoms with Crippen molar-refractivity contribution in [1.29, 1.82) is 0 Å². The van der Waals surface area contributed by atoms with Crippen LogP contribution in [0.1, 0.15) is 78.6 Å². The lowest BCUT2D eigenvalue weighted by molar-refractivity contribution is -0.144. The van der Waals surface area contributed by atoms with E-state index in [9.17, 15) is 4.79 Å². The van der Waals surface area contributed by atoms with Gasteiger partial charge >= 0.3 is 0 Å². The lowest BCUT2D eigenvalue weighted by Gasteiger charge is -2.59. The first-order valence-corrected chi connectivity index (χ1v) is 9.68. The molecular formula is C21H32O. The number of carbonyl (C=O) groups is 1. The lowest BCUT2D eigenvalue weighted by atomic mass is 9.45. The minimum Gasteiger partial charge on any atom is -0.299 e. The molecule has 1 heteroatoms. The Labute approximate surface area is 135 Å². The van der Waals surface area contributed by atoms with Crippen LogP contribution in [0.3, 0.4) is 0 Å². The highest BCUT2D eigenvalue weighted by molar-refractivity contribution is 5.85. The van der Waals surface area contributed by atoms with Crippen LogP contribution in [0.2, 0.25) is 0 Å². The number of hydrogen-bond donors (Lipinski definition) is 0. The maximum Gasteiger partial charge on any atom is 0.139 e. The van der Waals surface area contributed by atoms with E-state index in [1.54, 1.807) is 5.57 Å². The van der Waals surface area contributed by atoms with E-state index in [0.29, 0.717) is 17.1 Å². The van der Waals surface area contributed by atoms with Gasteiger partial charge in [-0.1, -0.05) is 32.4 Å². The Morgan fingerprint density at radius 3 is 2.59 bits per heavy atom. The first-order chi connectivity index (χ1) is 10.4. The molecule has 1 nitrogen and oxygen atoms in total. The number of rotatable bonds is 0. The largest absolute Gasteiger partial charge is 0.299 e. The molecule has 3 fully saturated rings. The van der Waals surface area contributed by atoms with E-state index in [2.05, 4.69) is 26.8 Å². The minimum absolute atomic E-state index is 0.0169. The molecule has 3 saturated carbocycles. The first kappa shape index (κ1) is 15.0.